The van der Waals surface area contributed by atoms with Gasteiger partial charge in [0.15, 0.2) is 5.16 Å². The number of H-pyrrole nitrogens is 1. The fraction of sp³-hybridized carbons (Fsp3) is 0.381. The van der Waals surface area contributed by atoms with Crippen molar-refractivity contribution in [1.29, 1.82) is 5.26 Å². The largest absolute Gasteiger partial charge is 0.337 e. The van der Waals surface area contributed by atoms with Crippen LogP contribution in [0.15, 0.2) is 40.2 Å². The standard InChI is InChI=1S/C21H22N4OS3/c1-14(19(26)25-21(13-22)9-3-2-4-10-21)29-20-23-17(15-7-5-11-27-15)18(24-20)16-8-6-12-28-16/h5-8,11-12,14H,2-4,9-10H2,1H3,(H,23,24)(H,25,26)/t14-/m0/s1. The molecule has 4 rings (SSSR count). The Balaban J connectivity index is 1.52. The maximum Gasteiger partial charge on any atom is 0.234 e. The summed E-state index contributed by atoms with van der Waals surface area (Å²) in [6.45, 7) is 1.87. The smallest absolute Gasteiger partial charge is 0.234 e. The lowest BCUT2D eigenvalue weighted by molar-refractivity contribution is -0.121. The fourth-order valence-corrected chi connectivity index (χ4v) is 5.83. The average Bonchev–Trinajstić information content (AvgIpc) is 3.49. The van der Waals surface area contributed by atoms with Crippen LogP contribution in [0, 0.1) is 11.3 Å². The highest BCUT2D eigenvalue weighted by Gasteiger charge is 2.35. The van der Waals surface area contributed by atoms with Crippen molar-refractivity contribution >= 4 is 40.3 Å². The number of nitriles is 1. The number of carbonyl (C=O) groups excluding carboxylic acids is 1. The van der Waals surface area contributed by atoms with Crippen LogP contribution in [0.1, 0.15) is 39.0 Å². The van der Waals surface area contributed by atoms with Crippen LogP contribution in [0.5, 0.6) is 0 Å². The third-order valence-corrected chi connectivity index (χ3v) is 7.89. The normalized spacial score (nSPS) is 16.8. The molecule has 0 aliphatic heterocycles. The molecule has 5 nitrogen and oxygen atoms in total. The first-order chi connectivity index (χ1) is 14.1. The van der Waals surface area contributed by atoms with Crippen molar-refractivity contribution in [3.63, 3.8) is 0 Å². The van der Waals surface area contributed by atoms with Gasteiger partial charge in [0.1, 0.15) is 11.2 Å². The van der Waals surface area contributed by atoms with Crippen LogP contribution < -0.4 is 5.32 Å². The summed E-state index contributed by atoms with van der Waals surface area (Å²) >= 11 is 4.71. The van der Waals surface area contributed by atoms with Crippen LogP contribution in [0.4, 0.5) is 0 Å². The Labute approximate surface area is 182 Å². The molecule has 0 unspecified atom stereocenters. The molecule has 2 N–H and O–H groups in total. The molecule has 150 valence electrons. The monoisotopic (exact) mass is 442 g/mol. The van der Waals surface area contributed by atoms with Gasteiger partial charge < -0.3 is 10.3 Å². The molecule has 3 aromatic heterocycles. The van der Waals surface area contributed by atoms with Crippen LogP contribution in [-0.2, 0) is 4.79 Å². The van der Waals surface area contributed by atoms with Crippen LogP contribution in [-0.4, -0.2) is 26.7 Å². The van der Waals surface area contributed by atoms with Gasteiger partial charge in [0.05, 0.1) is 26.8 Å². The van der Waals surface area contributed by atoms with Crippen molar-refractivity contribution in [3.8, 4) is 27.2 Å². The molecule has 3 aromatic rings. The van der Waals surface area contributed by atoms with E-state index in [2.05, 4.69) is 28.5 Å². The Morgan fingerprint density at radius 3 is 2.55 bits per heavy atom. The summed E-state index contributed by atoms with van der Waals surface area (Å²) in [5.74, 6) is -0.106. The zero-order valence-electron chi connectivity index (χ0n) is 16.1. The zero-order chi connectivity index (χ0) is 20.3. The first kappa shape index (κ1) is 20.2. The zero-order valence-corrected chi connectivity index (χ0v) is 18.6. The van der Waals surface area contributed by atoms with Gasteiger partial charge in [-0.25, -0.2) is 4.98 Å². The minimum atomic E-state index is -0.711. The quantitative estimate of drug-likeness (QED) is 0.481. The summed E-state index contributed by atoms with van der Waals surface area (Å²) in [7, 11) is 0. The predicted molar refractivity (Wildman–Crippen MR) is 120 cm³/mol. The number of aromatic amines is 1. The Bertz CT molecular complexity index is 944. The summed E-state index contributed by atoms with van der Waals surface area (Å²) in [4.78, 5) is 23.2. The summed E-state index contributed by atoms with van der Waals surface area (Å²) in [6.07, 6.45) is 4.58. The second-order valence-corrected chi connectivity index (χ2v) is 10.4. The van der Waals surface area contributed by atoms with Crippen molar-refractivity contribution in [2.45, 2.75) is 55.0 Å². The molecule has 8 heteroatoms. The van der Waals surface area contributed by atoms with Crippen molar-refractivity contribution in [3.05, 3.63) is 35.0 Å². The Kier molecular flexibility index (Phi) is 6.09. The van der Waals surface area contributed by atoms with Gasteiger partial charge in [-0.3, -0.25) is 4.79 Å². The van der Waals surface area contributed by atoms with Gasteiger partial charge in [0, 0.05) is 0 Å². The average molecular weight is 443 g/mol. The predicted octanol–water partition coefficient (Wildman–Crippen LogP) is 5.69. The van der Waals surface area contributed by atoms with E-state index in [-0.39, 0.29) is 11.2 Å². The van der Waals surface area contributed by atoms with Crippen LogP contribution in [0.25, 0.3) is 21.1 Å². The third-order valence-electron chi connectivity index (χ3n) is 5.15. The minimum Gasteiger partial charge on any atom is -0.337 e. The third kappa shape index (κ3) is 4.42. The summed E-state index contributed by atoms with van der Waals surface area (Å²) in [5.41, 5.74) is 1.19. The second kappa shape index (κ2) is 8.74. The molecular formula is C21H22N4OS3. The minimum absolute atomic E-state index is 0.106. The van der Waals surface area contributed by atoms with Crippen molar-refractivity contribution in [2.24, 2.45) is 0 Å². The molecule has 29 heavy (non-hydrogen) atoms. The van der Waals surface area contributed by atoms with E-state index in [0.29, 0.717) is 5.16 Å². The van der Waals surface area contributed by atoms with Crippen molar-refractivity contribution in [1.82, 2.24) is 15.3 Å². The van der Waals surface area contributed by atoms with Gasteiger partial charge in [-0.05, 0) is 42.7 Å². The first-order valence-electron chi connectivity index (χ1n) is 9.68. The maximum atomic E-state index is 12.8. The van der Waals surface area contributed by atoms with E-state index in [4.69, 9.17) is 4.98 Å². The van der Waals surface area contributed by atoms with E-state index >= 15 is 0 Å². The van der Waals surface area contributed by atoms with Gasteiger partial charge in [0.2, 0.25) is 5.91 Å². The number of imidazole rings is 1. The van der Waals surface area contributed by atoms with Crippen molar-refractivity contribution < 1.29 is 4.79 Å². The van der Waals surface area contributed by atoms with E-state index < -0.39 is 5.54 Å². The summed E-state index contributed by atoms with van der Waals surface area (Å²) in [5, 5.41) is 17.1. The first-order valence-corrected chi connectivity index (χ1v) is 12.3. The Hall–Kier alpha value is -2.08. The molecule has 1 atom stereocenters. The molecule has 0 saturated heterocycles. The van der Waals surface area contributed by atoms with Crippen LogP contribution in [0.2, 0.25) is 0 Å². The highest BCUT2D eigenvalue weighted by Crippen LogP contribution is 2.37. The Morgan fingerprint density at radius 1 is 1.24 bits per heavy atom. The number of nitrogens with one attached hydrogen (secondary N) is 2. The molecule has 0 radical (unpaired) electrons. The van der Waals surface area contributed by atoms with Gasteiger partial charge in [-0.1, -0.05) is 43.2 Å². The molecular weight excluding hydrogens is 420 g/mol. The number of hydrogen-bond donors (Lipinski definition) is 2. The molecule has 1 aliphatic carbocycles. The van der Waals surface area contributed by atoms with Crippen LogP contribution >= 0.6 is 34.4 Å². The highest BCUT2D eigenvalue weighted by atomic mass is 32.2. The number of amides is 1. The SMILES string of the molecule is C[C@H](Sc1nc(-c2cccs2)c(-c2cccs2)[nH]1)C(=O)NC1(C#N)CCCCC1. The molecule has 3 heterocycles. The number of nitrogens with zero attached hydrogens (tertiary/aromatic N) is 2. The lowest BCUT2D eigenvalue weighted by Gasteiger charge is -2.32. The molecule has 1 fully saturated rings. The molecule has 0 aromatic carbocycles. The summed E-state index contributed by atoms with van der Waals surface area (Å²) < 4.78 is 0. The van der Waals surface area contributed by atoms with Gasteiger partial charge in [-0.15, -0.1) is 22.7 Å². The highest BCUT2D eigenvalue weighted by molar-refractivity contribution is 8.00. The van der Waals surface area contributed by atoms with Crippen LogP contribution in [0.3, 0.4) is 0 Å². The van der Waals surface area contributed by atoms with Gasteiger partial charge in [-0.2, -0.15) is 5.26 Å². The van der Waals surface area contributed by atoms with E-state index in [1.807, 2.05) is 29.8 Å². The number of aromatic nitrogens is 2. The number of hydrogen-bond acceptors (Lipinski definition) is 6. The topological polar surface area (TPSA) is 81.6 Å². The second-order valence-electron chi connectivity index (χ2n) is 7.22. The number of carbonyl (C=O) groups is 1. The number of rotatable bonds is 6. The van der Waals surface area contributed by atoms with E-state index in [9.17, 15) is 10.1 Å². The Morgan fingerprint density at radius 2 is 1.93 bits per heavy atom. The lowest BCUT2D eigenvalue weighted by Crippen LogP contribution is -2.50. The van der Waals surface area contributed by atoms with Crippen molar-refractivity contribution in [2.75, 3.05) is 0 Å². The molecule has 1 aliphatic rings. The molecule has 0 spiro atoms. The molecule has 1 amide bonds. The molecule has 0 bridgehead atoms. The maximum absolute atomic E-state index is 12.8. The van der Waals surface area contributed by atoms with E-state index in [1.54, 1.807) is 22.7 Å². The van der Waals surface area contributed by atoms with E-state index in [0.717, 1.165) is 53.2 Å². The van der Waals surface area contributed by atoms with Gasteiger partial charge in [0.25, 0.3) is 0 Å². The summed E-state index contributed by atoms with van der Waals surface area (Å²) in [6, 6.07) is 10.5. The number of thiophene rings is 2. The number of thioether (sulfide) groups is 1. The van der Waals surface area contributed by atoms with E-state index in [1.165, 1.54) is 11.8 Å². The molecule has 1 saturated carbocycles. The van der Waals surface area contributed by atoms with Gasteiger partial charge >= 0.3 is 0 Å². The lowest BCUT2D eigenvalue weighted by atomic mass is 9.83. The fourth-order valence-electron chi connectivity index (χ4n) is 3.58.